The lowest BCUT2D eigenvalue weighted by molar-refractivity contribution is -0.123. The van der Waals surface area contributed by atoms with E-state index in [2.05, 4.69) is 60.4 Å². The predicted molar refractivity (Wildman–Crippen MR) is 109 cm³/mol. The predicted octanol–water partition coefficient (Wildman–Crippen LogP) is 2.23. The Labute approximate surface area is 171 Å². The number of hydrogen-bond acceptors (Lipinski definition) is 6. The summed E-state index contributed by atoms with van der Waals surface area (Å²) in [6.07, 6.45) is 5.47. The molecule has 0 bridgehead atoms. The Morgan fingerprint density at radius 1 is 1.07 bits per heavy atom. The van der Waals surface area contributed by atoms with Gasteiger partial charge in [-0.3, -0.25) is 14.7 Å². The summed E-state index contributed by atoms with van der Waals surface area (Å²) in [5.41, 5.74) is 5.57. The second kappa shape index (κ2) is 9.82. The normalized spacial score (nSPS) is 14.5. The molecule has 1 atom stereocenters. The molecule has 0 aliphatic carbocycles. The fourth-order valence-corrected chi connectivity index (χ4v) is 3.57. The molecule has 1 aromatic carbocycles. The molecule has 0 radical (unpaired) electrons. The average Bonchev–Trinajstić information content (AvgIpc) is 3.44. The SMILES string of the molecule is O=CO.O=CO.c1ccc(C2CN(c3ccnc4[nH]ncc34)Cc3[nH]cnc32)cc1. The van der Waals surface area contributed by atoms with Crippen molar-refractivity contribution in [2.24, 2.45) is 0 Å². The van der Waals surface area contributed by atoms with Crippen LogP contribution in [0.3, 0.4) is 0 Å². The molecule has 5 rings (SSSR count). The number of rotatable bonds is 2. The number of hydrogen-bond donors (Lipinski definition) is 4. The summed E-state index contributed by atoms with van der Waals surface area (Å²) in [4.78, 5) is 31.3. The summed E-state index contributed by atoms with van der Waals surface area (Å²) in [7, 11) is 0. The van der Waals surface area contributed by atoms with Gasteiger partial charge in [0.1, 0.15) is 0 Å². The monoisotopic (exact) mass is 408 g/mol. The van der Waals surface area contributed by atoms with Gasteiger partial charge in [0, 0.05) is 18.7 Å². The first kappa shape index (κ1) is 20.5. The van der Waals surface area contributed by atoms with Crippen molar-refractivity contribution in [2.75, 3.05) is 11.4 Å². The van der Waals surface area contributed by atoms with Gasteiger partial charge in [-0.05, 0) is 11.6 Å². The molecule has 4 N–H and O–H groups in total. The van der Waals surface area contributed by atoms with Crippen LogP contribution >= 0.6 is 0 Å². The van der Waals surface area contributed by atoms with Crippen LogP contribution < -0.4 is 4.90 Å². The molecular formula is C20H20N6O4. The molecule has 10 heteroatoms. The number of carboxylic acid groups (broad SMARTS) is 2. The van der Waals surface area contributed by atoms with Crippen LogP contribution in [0.1, 0.15) is 22.9 Å². The number of anilines is 1. The minimum Gasteiger partial charge on any atom is -0.483 e. The lowest BCUT2D eigenvalue weighted by atomic mass is 9.90. The van der Waals surface area contributed by atoms with Crippen molar-refractivity contribution in [1.29, 1.82) is 0 Å². The molecular weight excluding hydrogens is 388 g/mol. The molecule has 10 nitrogen and oxygen atoms in total. The van der Waals surface area contributed by atoms with Crippen LogP contribution in [0.5, 0.6) is 0 Å². The van der Waals surface area contributed by atoms with Gasteiger partial charge in [-0.1, -0.05) is 30.3 Å². The number of H-pyrrole nitrogens is 2. The molecule has 3 aromatic heterocycles. The van der Waals surface area contributed by atoms with Crippen molar-refractivity contribution in [3.8, 4) is 0 Å². The standard InChI is InChI=1S/C18H16N6.2CH2O2/c1-2-4-12(5-3-1)14-9-24(10-15-17(14)21-11-20-15)16-6-7-19-18-13(16)8-22-23-18;2*2-1-3/h1-8,11,14H,9-10H2,(H,20,21)(H,19,22,23);2*1H,(H,2,3). The number of nitrogens with one attached hydrogen (secondary N) is 2. The first-order chi connectivity index (χ1) is 14.7. The number of fused-ring (bicyclic) bond motifs is 2. The van der Waals surface area contributed by atoms with Gasteiger partial charge < -0.3 is 20.1 Å². The Morgan fingerprint density at radius 2 is 1.80 bits per heavy atom. The van der Waals surface area contributed by atoms with Gasteiger partial charge in [0.15, 0.2) is 5.65 Å². The zero-order chi connectivity index (χ0) is 21.3. The van der Waals surface area contributed by atoms with E-state index in [0.29, 0.717) is 0 Å². The molecule has 30 heavy (non-hydrogen) atoms. The highest BCUT2D eigenvalue weighted by Crippen LogP contribution is 2.35. The number of aromatic amines is 2. The van der Waals surface area contributed by atoms with Gasteiger partial charge in [0.05, 0.1) is 41.5 Å². The van der Waals surface area contributed by atoms with Crippen molar-refractivity contribution < 1.29 is 19.8 Å². The van der Waals surface area contributed by atoms with E-state index < -0.39 is 0 Å². The number of carbonyl (C=O) groups is 2. The topological polar surface area (TPSA) is 148 Å². The van der Waals surface area contributed by atoms with Crippen molar-refractivity contribution in [3.63, 3.8) is 0 Å². The van der Waals surface area contributed by atoms with E-state index in [-0.39, 0.29) is 18.9 Å². The van der Waals surface area contributed by atoms with Gasteiger partial charge >= 0.3 is 0 Å². The molecule has 0 amide bonds. The van der Waals surface area contributed by atoms with Crippen molar-refractivity contribution in [1.82, 2.24) is 25.1 Å². The molecule has 1 aliphatic rings. The average molecular weight is 408 g/mol. The van der Waals surface area contributed by atoms with E-state index in [4.69, 9.17) is 19.8 Å². The van der Waals surface area contributed by atoms with Crippen LogP contribution in [0.15, 0.2) is 55.1 Å². The van der Waals surface area contributed by atoms with E-state index in [1.165, 1.54) is 11.3 Å². The molecule has 0 saturated carbocycles. The lowest BCUT2D eigenvalue weighted by Crippen LogP contribution is -2.34. The number of nitrogens with zero attached hydrogens (tertiary/aromatic N) is 4. The van der Waals surface area contributed by atoms with Gasteiger partial charge in [0.2, 0.25) is 0 Å². The van der Waals surface area contributed by atoms with Gasteiger partial charge in [0.25, 0.3) is 12.9 Å². The van der Waals surface area contributed by atoms with E-state index in [0.717, 1.165) is 35.5 Å². The zero-order valence-electron chi connectivity index (χ0n) is 15.8. The Balaban J connectivity index is 0.000000385. The Kier molecular flexibility index (Phi) is 6.72. The highest BCUT2D eigenvalue weighted by atomic mass is 16.3. The maximum Gasteiger partial charge on any atom is 0.290 e. The Bertz CT molecular complexity index is 1090. The summed E-state index contributed by atoms with van der Waals surface area (Å²) < 4.78 is 0. The van der Waals surface area contributed by atoms with Gasteiger partial charge in [-0.15, -0.1) is 0 Å². The third-order valence-corrected chi connectivity index (χ3v) is 4.71. The zero-order valence-corrected chi connectivity index (χ0v) is 15.8. The number of imidazole rings is 1. The van der Waals surface area contributed by atoms with Crippen LogP contribution in [-0.4, -0.2) is 54.9 Å². The third-order valence-electron chi connectivity index (χ3n) is 4.71. The molecule has 0 spiro atoms. The van der Waals surface area contributed by atoms with Crippen molar-refractivity contribution in [2.45, 2.75) is 12.5 Å². The minimum absolute atomic E-state index is 0.247. The first-order valence-electron chi connectivity index (χ1n) is 8.99. The highest BCUT2D eigenvalue weighted by molar-refractivity contribution is 5.88. The second-order valence-electron chi connectivity index (χ2n) is 6.28. The quantitative estimate of drug-likeness (QED) is 0.369. The summed E-state index contributed by atoms with van der Waals surface area (Å²) >= 11 is 0. The van der Waals surface area contributed by atoms with Crippen LogP contribution in [-0.2, 0) is 16.1 Å². The van der Waals surface area contributed by atoms with E-state index in [9.17, 15) is 0 Å². The Hall–Kier alpha value is -4.21. The van der Waals surface area contributed by atoms with Crippen molar-refractivity contribution >= 4 is 29.7 Å². The molecule has 0 saturated heterocycles. The summed E-state index contributed by atoms with van der Waals surface area (Å²) in [6, 6.07) is 12.6. The third kappa shape index (κ3) is 4.27. The molecule has 1 unspecified atom stereocenters. The lowest BCUT2D eigenvalue weighted by Gasteiger charge is -2.34. The second-order valence-corrected chi connectivity index (χ2v) is 6.28. The first-order valence-corrected chi connectivity index (χ1v) is 8.99. The van der Waals surface area contributed by atoms with Crippen molar-refractivity contribution in [3.05, 3.63) is 72.1 Å². The van der Waals surface area contributed by atoms with E-state index >= 15 is 0 Å². The smallest absolute Gasteiger partial charge is 0.290 e. The van der Waals surface area contributed by atoms with Gasteiger partial charge in [-0.2, -0.15) is 5.10 Å². The highest BCUT2D eigenvalue weighted by Gasteiger charge is 2.29. The largest absolute Gasteiger partial charge is 0.483 e. The molecule has 1 aliphatic heterocycles. The summed E-state index contributed by atoms with van der Waals surface area (Å²) in [6.45, 7) is 1.19. The summed E-state index contributed by atoms with van der Waals surface area (Å²) in [5.74, 6) is 0.247. The Morgan fingerprint density at radius 3 is 2.53 bits per heavy atom. The van der Waals surface area contributed by atoms with E-state index in [1.807, 2.05) is 18.5 Å². The van der Waals surface area contributed by atoms with Crippen LogP contribution in [0.2, 0.25) is 0 Å². The fourth-order valence-electron chi connectivity index (χ4n) is 3.57. The number of aromatic nitrogens is 5. The molecule has 4 heterocycles. The van der Waals surface area contributed by atoms with Crippen LogP contribution in [0.4, 0.5) is 5.69 Å². The van der Waals surface area contributed by atoms with Crippen LogP contribution in [0.25, 0.3) is 11.0 Å². The minimum atomic E-state index is -0.250. The number of pyridine rings is 1. The maximum absolute atomic E-state index is 8.36. The van der Waals surface area contributed by atoms with E-state index in [1.54, 1.807) is 6.33 Å². The summed E-state index contributed by atoms with van der Waals surface area (Å²) in [5, 5.41) is 21.9. The van der Waals surface area contributed by atoms with Crippen LogP contribution in [0, 0.1) is 0 Å². The fraction of sp³-hybridized carbons (Fsp3) is 0.150. The molecule has 154 valence electrons. The number of benzene rings is 1. The maximum atomic E-state index is 8.36. The molecule has 4 aromatic rings. The van der Waals surface area contributed by atoms with Gasteiger partial charge in [-0.25, -0.2) is 9.97 Å². The molecule has 0 fully saturated rings.